The molecule has 5 nitrogen and oxygen atoms in total. The van der Waals surface area contributed by atoms with Gasteiger partial charge in [-0.05, 0) is 49.9 Å². The second kappa shape index (κ2) is 9.40. The van der Waals surface area contributed by atoms with Crippen molar-refractivity contribution in [3.8, 4) is 0 Å². The van der Waals surface area contributed by atoms with Crippen molar-refractivity contribution in [1.29, 1.82) is 0 Å². The van der Waals surface area contributed by atoms with Gasteiger partial charge in [0.2, 0.25) is 0 Å². The molecular formula is C18H29N3O2. The van der Waals surface area contributed by atoms with E-state index in [0.29, 0.717) is 13.1 Å². The normalized spacial score (nSPS) is 14.6. The number of rotatable bonds is 7. The fourth-order valence-corrected chi connectivity index (χ4v) is 2.89. The third-order valence-corrected chi connectivity index (χ3v) is 4.28. The molecule has 0 aliphatic carbocycles. The number of urea groups is 1. The van der Waals surface area contributed by atoms with Gasteiger partial charge < -0.3 is 20.2 Å². The first-order valence-electron chi connectivity index (χ1n) is 8.76. The molecule has 1 heterocycles. The number of aliphatic hydroxyl groups is 1. The van der Waals surface area contributed by atoms with E-state index in [-0.39, 0.29) is 12.6 Å². The minimum absolute atomic E-state index is 0.00890. The number of hydrogen-bond donors (Lipinski definition) is 2. The molecule has 1 saturated heterocycles. The predicted octanol–water partition coefficient (Wildman–Crippen LogP) is 3.30. The van der Waals surface area contributed by atoms with Crippen molar-refractivity contribution >= 4 is 17.4 Å². The topological polar surface area (TPSA) is 55.8 Å². The van der Waals surface area contributed by atoms with Crippen molar-refractivity contribution in [2.75, 3.05) is 43.0 Å². The molecule has 5 heteroatoms. The van der Waals surface area contributed by atoms with Gasteiger partial charge in [-0.15, -0.1) is 0 Å². The van der Waals surface area contributed by atoms with Gasteiger partial charge in [-0.1, -0.05) is 13.3 Å². The summed E-state index contributed by atoms with van der Waals surface area (Å²) in [6.07, 6.45) is 5.81. The van der Waals surface area contributed by atoms with Crippen molar-refractivity contribution in [2.24, 2.45) is 0 Å². The van der Waals surface area contributed by atoms with Crippen molar-refractivity contribution in [3.63, 3.8) is 0 Å². The molecule has 1 aromatic carbocycles. The number of benzene rings is 1. The van der Waals surface area contributed by atoms with Crippen molar-refractivity contribution < 1.29 is 9.90 Å². The number of nitrogens with zero attached hydrogens (tertiary/aromatic N) is 2. The quantitative estimate of drug-likeness (QED) is 0.811. The summed E-state index contributed by atoms with van der Waals surface area (Å²) in [6.45, 7) is 5.37. The third kappa shape index (κ3) is 5.43. The summed E-state index contributed by atoms with van der Waals surface area (Å²) < 4.78 is 0. The smallest absolute Gasteiger partial charge is 0.321 e. The summed E-state index contributed by atoms with van der Waals surface area (Å²) >= 11 is 0. The first-order valence-corrected chi connectivity index (χ1v) is 8.76. The van der Waals surface area contributed by atoms with Crippen LogP contribution >= 0.6 is 0 Å². The maximum Gasteiger partial charge on any atom is 0.321 e. The molecule has 1 aliphatic rings. The van der Waals surface area contributed by atoms with Crippen molar-refractivity contribution in [2.45, 2.75) is 39.0 Å². The fourth-order valence-electron chi connectivity index (χ4n) is 2.89. The molecule has 0 radical (unpaired) electrons. The van der Waals surface area contributed by atoms with Crippen LogP contribution in [0.15, 0.2) is 24.3 Å². The van der Waals surface area contributed by atoms with Crippen LogP contribution in [0.3, 0.4) is 0 Å². The van der Waals surface area contributed by atoms with Gasteiger partial charge in [0.05, 0.1) is 6.61 Å². The highest BCUT2D eigenvalue weighted by Crippen LogP contribution is 2.22. The predicted molar refractivity (Wildman–Crippen MR) is 95.1 cm³/mol. The first kappa shape index (κ1) is 17.6. The molecule has 0 bridgehead atoms. The van der Waals surface area contributed by atoms with Crippen molar-refractivity contribution in [1.82, 2.24) is 4.90 Å². The van der Waals surface area contributed by atoms with E-state index in [9.17, 15) is 4.79 Å². The third-order valence-electron chi connectivity index (χ3n) is 4.28. The molecule has 128 valence electrons. The summed E-state index contributed by atoms with van der Waals surface area (Å²) in [5.74, 6) is 0. The average molecular weight is 319 g/mol. The SMILES string of the molecule is CCCCN(CCO)C(=O)Nc1ccc(N2CCCCC2)cc1. The van der Waals surface area contributed by atoms with Crippen LogP contribution in [-0.2, 0) is 0 Å². The summed E-state index contributed by atoms with van der Waals surface area (Å²) in [6, 6.07) is 7.92. The highest BCUT2D eigenvalue weighted by molar-refractivity contribution is 5.89. The monoisotopic (exact) mass is 319 g/mol. The lowest BCUT2D eigenvalue weighted by Crippen LogP contribution is -2.37. The lowest BCUT2D eigenvalue weighted by atomic mass is 10.1. The lowest BCUT2D eigenvalue weighted by molar-refractivity contribution is 0.187. The molecule has 1 aliphatic heterocycles. The standard InChI is InChI=1S/C18H29N3O2/c1-2-3-11-21(14-15-22)18(23)19-16-7-9-17(10-8-16)20-12-5-4-6-13-20/h7-10,22H,2-6,11-15H2,1H3,(H,19,23). The minimum atomic E-state index is -0.141. The van der Waals surface area contributed by atoms with Gasteiger partial charge in [0.1, 0.15) is 0 Å². The zero-order chi connectivity index (χ0) is 16.5. The Morgan fingerprint density at radius 1 is 1.17 bits per heavy atom. The van der Waals surface area contributed by atoms with Gasteiger partial charge in [-0.3, -0.25) is 0 Å². The minimum Gasteiger partial charge on any atom is -0.395 e. The summed E-state index contributed by atoms with van der Waals surface area (Å²) in [4.78, 5) is 16.4. The second-order valence-corrected chi connectivity index (χ2v) is 6.09. The van der Waals surface area contributed by atoms with Gasteiger partial charge in [0.15, 0.2) is 0 Å². The molecule has 0 atom stereocenters. The number of amides is 2. The van der Waals surface area contributed by atoms with E-state index >= 15 is 0 Å². The Morgan fingerprint density at radius 2 is 1.87 bits per heavy atom. The van der Waals surface area contributed by atoms with Crippen LogP contribution in [0, 0.1) is 0 Å². The van der Waals surface area contributed by atoms with E-state index in [1.54, 1.807) is 4.90 Å². The second-order valence-electron chi connectivity index (χ2n) is 6.09. The molecule has 2 amide bonds. The molecule has 0 saturated carbocycles. The average Bonchev–Trinajstić information content (AvgIpc) is 2.60. The van der Waals surface area contributed by atoms with E-state index < -0.39 is 0 Å². The van der Waals surface area contributed by atoms with E-state index in [1.807, 2.05) is 12.1 Å². The zero-order valence-electron chi connectivity index (χ0n) is 14.1. The molecule has 2 N–H and O–H groups in total. The largest absolute Gasteiger partial charge is 0.395 e. The molecule has 1 fully saturated rings. The molecule has 2 rings (SSSR count). The van der Waals surface area contributed by atoms with Crippen LogP contribution in [0.5, 0.6) is 0 Å². The molecule has 0 aromatic heterocycles. The molecule has 0 unspecified atom stereocenters. The highest BCUT2D eigenvalue weighted by Gasteiger charge is 2.13. The van der Waals surface area contributed by atoms with E-state index in [2.05, 4.69) is 29.3 Å². The van der Waals surface area contributed by atoms with E-state index in [1.165, 1.54) is 24.9 Å². The van der Waals surface area contributed by atoms with E-state index in [0.717, 1.165) is 31.6 Å². The van der Waals surface area contributed by atoms with Gasteiger partial charge in [-0.2, -0.15) is 0 Å². The number of nitrogens with one attached hydrogen (secondary N) is 1. The Bertz CT molecular complexity index is 470. The van der Waals surface area contributed by atoms with E-state index in [4.69, 9.17) is 5.11 Å². The Labute approximate surface area is 139 Å². The maximum atomic E-state index is 12.3. The fraction of sp³-hybridized carbons (Fsp3) is 0.611. The van der Waals surface area contributed by atoms with Gasteiger partial charge in [0.25, 0.3) is 0 Å². The molecule has 1 aromatic rings. The highest BCUT2D eigenvalue weighted by atomic mass is 16.3. The summed E-state index contributed by atoms with van der Waals surface area (Å²) in [5.41, 5.74) is 2.02. The zero-order valence-corrected chi connectivity index (χ0v) is 14.1. The molecular weight excluding hydrogens is 290 g/mol. The van der Waals surface area contributed by atoms with Crippen molar-refractivity contribution in [3.05, 3.63) is 24.3 Å². The summed E-state index contributed by atoms with van der Waals surface area (Å²) in [7, 11) is 0. The summed E-state index contributed by atoms with van der Waals surface area (Å²) in [5, 5.41) is 12.0. The van der Waals surface area contributed by atoms with Crippen LogP contribution in [0.25, 0.3) is 0 Å². The molecule has 23 heavy (non-hydrogen) atoms. The van der Waals surface area contributed by atoms with Crippen LogP contribution < -0.4 is 10.2 Å². The van der Waals surface area contributed by atoms with Gasteiger partial charge >= 0.3 is 6.03 Å². The Balaban J connectivity index is 1.91. The van der Waals surface area contributed by atoms with Crippen LogP contribution in [0.4, 0.5) is 16.2 Å². The maximum absolute atomic E-state index is 12.3. The Kier molecular flexibility index (Phi) is 7.20. The van der Waals surface area contributed by atoms with Gasteiger partial charge in [0, 0.05) is 37.6 Å². The number of piperidine rings is 1. The number of aliphatic hydroxyl groups excluding tert-OH is 1. The Morgan fingerprint density at radius 3 is 2.48 bits per heavy atom. The molecule has 0 spiro atoms. The lowest BCUT2D eigenvalue weighted by Gasteiger charge is -2.29. The number of anilines is 2. The van der Waals surface area contributed by atoms with Crippen LogP contribution in [-0.4, -0.2) is 48.8 Å². The first-order chi connectivity index (χ1) is 11.2. The number of carbonyl (C=O) groups excluding carboxylic acids is 1. The Hall–Kier alpha value is -1.75. The van der Waals surface area contributed by atoms with Crippen LogP contribution in [0.2, 0.25) is 0 Å². The van der Waals surface area contributed by atoms with Crippen LogP contribution in [0.1, 0.15) is 39.0 Å². The number of unbranched alkanes of at least 4 members (excludes halogenated alkanes) is 1. The van der Waals surface area contributed by atoms with Gasteiger partial charge in [-0.25, -0.2) is 4.79 Å². The number of hydrogen-bond acceptors (Lipinski definition) is 3. The number of carbonyl (C=O) groups is 1.